The first kappa shape index (κ1) is 13.5. The highest BCUT2D eigenvalue weighted by molar-refractivity contribution is 5.21. The van der Waals surface area contributed by atoms with Gasteiger partial charge in [-0.1, -0.05) is 25.7 Å². The van der Waals surface area contributed by atoms with Crippen molar-refractivity contribution in [3.63, 3.8) is 0 Å². The van der Waals surface area contributed by atoms with Crippen molar-refractivity contribution < 1.29 is 0 Å². The third-order valence-electron chi connectivity index (χ3n) is 4.37. The van der Waals surface area contributed by atoms with E-state index in [9.17, 15) is 0 Å². The van der Waals surface area contributed by atoms with Crippen LogP contribution in [0.2, 0.25) is 0 Å². The minimum absolute atomic E-state index is 0.628. The van der Waals surface area contributed by atoms with Crippen LogP contribution in [-0.4, -0.2) is 11.0 Å². The Kier molecular flexibility index (Phi) is 5.18. The summed E-state index contributed by atoms with van der Waals surface area (Å²) >= 11 is 0. The Hall–Kier alpha value is -0.890. The Morgan fingerprint density at radius 2 is 2.00 bits per heavy atom. The van der Waals surface area contributed by atoms with Crippen LogP contribution in [0.3, 0.4) is 0 Å². The average Bonchev–Trinajstić information content (AvgIpc) is 2.66. The fourth-order valence-electron chi connectivity index (χ4n) is 2.93. The molecule has 18 heavy (non-hydrogen) atoms. The van der Waals surface area contributed by atoms with Gasteiger partial charge >= 0.3 is 0 Å². The third kappa shape index (κ3) is 3.81. The highest BCUT2D eigenvalue weighted by atomic mass is 14.9. The summed E-state index contributed by atoms with van der Waals surface area (Å²) in [5.41, 5.74) is 2.67. The molecule has 1 aliphatic rings. The van der Waals surface area contributed by atoms with Crippen LogP contribution >= 0.6 is 0 Å². The van der Waals surface area contributed by atoms with Crippen LogP contribution in [0.15, 0.2) is 18.5 Å². The number of pyridine rings is 1. The van der Waals surface area contributed by atoms with Gasteiger partial charge in [-0.2, -0.15) is 0 Å². The van der Waals surface area contributed by atoms with Crippen LogP contribution < -0.4 is 5.32 Å². The normalized spacial score (nSPS) is 19.4. The Labute approximate surface area is 111 Å². The molecule has 0 unspecified atom stereocenters. The van der Waals surface area contributed by atoms with E-state index in [0.29, 0.717) is 6.04 Å². The van der Waals surface area contributed by atoms with E-state index >= 15 is 0 Å². The molecule has 1 aromatic rings. The van der Waals surface area contributed by atoms with Crippen LogP contribution in [0.5, 0.6) is 0 Å². The molecule has 0 amide bonds. The molecule has 0 bridgehead atoms. The first-order chi connectivity index (χ1) is 8.77. The topological polar surface area (TPSA) is 24.9 Å². The van der Waals surface area contributed by atoms with Gasteiger partial charge in [0, 0.05) is 25.0 Å². The lowest BCUT2D eigenvalue weighted by Crippen LogP contribution is -2.33. The Bertz CT molecular complexity index is 354. The zero-order valence-corrected chi connectivity index (χ0v) is 11.8. The Balaban J connectivity index is 1.83. The summed E-state index contributed by atoms with van der Waals surface area (Å²) in [4.78, 5) is 4.21. The van der Waals surface area contributed by atoms with Crippen molar-refractivity contribution >= 4 is 0 Å². The van der Waals surface area contributed by atoms with Gasteiger partial charge in [0.2, 0.25) is 0 Å². The number of rotatable bonds is 4. The number of aromatic nitrogens is 1. The van der Waals surface area contributed by atoms with Crippen LogP contribution in [0.25, 0.3) is 0 Å². The second-order valence-corrected chi connectivity index (χ2v) is 5.72. The van der Waals surface area contributed by atoms with Crippen molar-refractivity contribution in [2.45, 2.75) is 65.0 Å². The summed E-state index contributed by atoms with van der Waals surface area (Å²) in [7, 11) is 0. The maximum atomic E-state index is 4.21. The van der Waals surface area contributed by atoms with Crippen LogP contribution in [-0.2, 0) is 6.54 Å². The fraction of sp³-hybridized carbons (Fsp3) is 0.688. The molecule has 1 aliphatic carbocycles. The van der Waals surface area contributed by atoms with Crippen molar-refractivity contribution in [2.75, 3.05) is 0 Å². The molecule has 2 nitrogen and oxygen atoms in total. The summed E-state index contributed by atoms with van der Waals surface area (Å²) < 4.78 is 0. The van der Waals surface area contributed by atoms with Crippen LogP contribution in [0.4, 0.5) is 0 Å². The summed E-state index contributed by atoms with van der Waals surface area (Å²) in [6, 6.07) is 2.72. The average molecular weight is 246 g/mol. The van der Waals surface area contributed by atoms with Crippen molar-refractivity contribution in [1.29, 1.82) is 0 Å². The summed E-state index contributed by atoms with van der Waals surface area (Å²) in [6.45, 7) is 5.47. The van der Waals surface area contributed by atoms with Crippen molar-refractivity contribution in [3.8, 4) is 0 Å². The number of nitrogens with one attached hydrogen (secondary N) is 1. The molecular weight excluding hydrogens is 220 g/mol. The van der Waals surface area contributed by atoms with Gasteiger partial charge in [0.15, 0.2) is 0 Å². The summed E-state index contributed by atoms with van der Waals surface area (Å²) in [6.07, 6.45) is 12.4. The summed E-state index contributed by atoms with van der Waals surface area (Å²) in [5, 5.41) is 3.70. The smallest absolute Gasteiger partial charge is 0.0315 e. The quantitative estimate of drug-likeness (QED) is 0.817. The van der Waals surface area contributed by atoms with Crippen LogP contribution in [0, 0.1) is 12.8 Å². The molecule has 0 aromatic carbocycles. The molecular formula is C16H26N2. The second kappa shape index (κ2) is 6.89. The first-order valence-corrected chi connectivity index (χ1v) is 7.40. The number of hydrogen-bond donors (Lipinski definition) is 1. The fourth-order valence-corrected chi connectivity index (χ4v) is 2.93. The second-order valence-electron chi connectivity index (χ2n) is 5.72. The molecule has 100 valence electrons. The van der Waals surface area contributed by atoms with E-state index in [1.54, 1.807) is 0 Å². The zero-order valence-electron chi connectivity index (χ0n) is 11.8. The predicted molar refractivity (Wildman–Crippen MR) is 76.5 cm³/mol. The number of nitrogens with zero attached hydrogens (tertiary/aromatic N) is 1. The largest absolute Gasteiger partial charge is 0.310 e. The maximum absolute atomic E-state index is 4.21. The Morgan fingerprint density at radius 3 is 2.67 bits per heavy atom. The lowest BCUT2D eigenvalue weighted by Gasteiger charge is -2.24. The van der Waals surface area contributed by atoms with Gasteiger partial charge < -0.3 is 5.32 Å². The van der Waals surface area contributed by atoms with E-state index in [2.05, 4.69) is 30.2 Å². The Morgan fingerprint density at radius 1 is 1.28 bits per heavy atom. The molecule has 1 N–H and O–H groups in total. The number of hydrogen-bond acceptors (Lipinski definition) is 2. The monoisotopic (exact) mass is 246 g/mol. The van der Waals surface area contributed by atoms with E-state index in [-0.39, 0.29) is 0 Å². The van der Waals surface area contributed by atoms with Gasteiger partial charge in [0.1, 0.15) is 0 Å². The van der Waals surface area contributed by atoms with Crippen molar-refractivity contribution in [3.05, 3.63) is 29.6 Å². The first-order valence-electron chi connectivity index (χ1n) is 7.40. The van der Waals surface area contributed by atoms with E-state index in [1.807, 2.05) is 12.4 Å². The SMILES string of the molecule is Cc1ccncc1CN[C@H](C)C1CCCCCC1. The van der Waals surface area contributed by atoms with Gasteiger partial charge in [-0.15, -0.1) is 0 Å². The number of aryl methyl sites for hydroxylation is 1. The van der Waals surface area contributed by atoms with Crippen LogP contribution in [0.1, 0.15) is 56.6 Å². The molecule has 0 spiro atoms. The minimum Gasteiger partial charge on any atom is -0.310 e. The molecule has 2 rings (SSSR count). The zero-order chi connectivity index (χ0) is 12.8. The van der Waals surface area contributed by atoms with Gasteiger partial charge in [0.05, 0.1) is 0 Å². The van der Waals surface area contributed by atoms with Gasteiger partial charge in [0.25, 0.3) is 0 Å². The highest BCUT2D eigenvalue weighted by Gasteiger charge is 2.18. The molecule has 2 heteroatoms. The maximum Gasteiger partial charge on any atom is 0.0315 e. The van der Waals surface area contributed by atoms with Gasteiger partial charge in [-0.05, 0) is 49.8 Å². The highest BCUT2D eigenvalue weighted by Crippen LogP contribution is 2.25. The lowest BCUT2D eigenvalue weighted by molar-refractivity contribution is 0.336. The molecule has 0 aliphatic heterocycles. The molecule has 1 saturated carbocycles. The molecule has 1 heterocycles. The molecule has 0 saturated heterocycles. The molecule has 1 fully saturated rings. The third-order valence-corrected chi connectivity index (χ3v) is 4.37. The van der Waals surface area contributed by atoms with E-state index in [1.165, 1.54) is 49.7 Å². The lowest BCUT2D eigenvalue weighted by atomic mass is 9.93. The van der Waals surface area contributed by atoms with E-state index in [4.69, 9.17) is 0 Å². The molecule has 1 aromatic heterocycles. The van der Waals surface area contributed by atoms with Crippen molar-refractivity contribution in [1.82, 2.24) is 10.3 Å². The van der Waals surface area contributed by atoms with E-state index < -0.39 is 0 Å². The minimum atomic E-state index is 0.628. The molecule has 1 atom stereocenters. The molecule has 0 radical (unpaired) electrons. The van der Waals surface area contributed by atoms with Gasteiger partial charge in [-0.3, -0.25) is 4.98 Å². The summed E-state index contributed by atoms with van der Waals surface area (Å²) in [5.74, 6) is 0.865. The standard InChI is InChI=1S/C16H26N2/c1-13-9-10-17-11-16(13)12-18-14(2)15-7-5-3-4-6-8-15/h9-11,14-15,18H,3-8,12H2,1-2H3/t14-/m1/s1. The van der Waals surface area contributed by atoms with E-state index in [0.717, 1.165) is 12.5 Å². The van der Waals surface area contributed by atoms with Gasteiger partial charge in [-0.25, -0.2) is 0 Å². The van der Waals surface area contributed by atoms with Crippen molar-refractivity contribution in [2.24, 2.45) is 5.92 Å². The predicted octanol–water partition coefficient (Wildman–Crippen LogP) is 3.84.